The van der Waals surface area contributed by atoms with Crippen LogP contribution in [0.2, 0.25) is 0 Å². The fraction of sp³-hybridized carbons (Fsp3) is 0.381. The first-order valence-electron chi connectivity index (χ1n) is 10.3. The number of carboxylic acids is 1. The maximum absolute atomic E-state index is 12.1. The molecule has 0 amide bonds. The summed E-state index contributed by atoms with van der Waals surface area (Å²) < 4.78 is 1.77. The van der Waals surface area contributed by atoms with Crippen molar-refractivity contribution in [2.45, 2.75) is 31.7 Å². The van der Waals surface area contributed by atoms with Crippen LogP contribution >= 0.6 is 0 Å². The van der Waals surface area contributed by atoms with E-state index < -0.39 is 5.97 Å². The second kappa shape index (κ2) is 6.51. The highest BCUT2D eigenvalue weighted by Crippen LogP contribution is 2.46. The average Bonchev–Trinajstić information content (AvgIpc) is 3.41. The molecule has 3 N–H and O–H groups in total. The van der Waals surface area contributed by atoms with Gasteiger partial charge in [0.2, 0.25) is 5.82 Å². The zero-order valence-corrected chi connectivity index (χ0v) is 16.2. The Labute approximate surface area is 171 Å². The van der Waals surface area contributed by atoms with E-state index in [2.05, 4.69) is 25.6 Å². The molecule has 3 aliphatic carbocycles. The number of fused-ring (bicyclic) bond motifs is 5. The predicted octanol–water partition coefficient (Wildman–Crippen LogP) is 2.97. The van der Waals surface area contributed by atoms with Crippen LogP contribution in [-0.4, -0.2) is 46.9 Å². The van der Waals surface area contributed by atoms with Crippen molar-refractivity contribution in [2.24, 2.45) is 17.8 Å². The Hall–Kier alpha value is -3.49. The van der Waals surface area contributed by atoms with Crippen molar-refractivity contribution in [3.63, 3.8) is 0 Å². The van der Waals surface area contributed by atoms with Crippen molar-refractivity contribution >= 4 is 28.3 Å². The molecule has 7 rings (SSSR count). The van der Waals surface area contributed by atoms with Crippen LogP contribution in [0.3, 0.4) is 0 Å². The normalized spacial score (nSPS) is 25.7. The number of hydrogen-bond acceptors (Lipinski definition) is 6. The SMILES string of the molecule is O=C(O)[C@H]1C2CCC(CC2)[C@@H]1Nc1nc(-c2[nH]nc3ncccc23)nn2cccc12. The minimum Gasteiger partial charge on any atom is -0.481 e. The summed E-state index contributed by atoms with van der Waals surface area (Å²) in [5, 5.41) is 26.2. The molecular weight excluding hydrogens is 382 g/mol. The lowest BCUT2D eigenvalue weighted by molar-refractivity contribution is -0.148. The van der Waals surface area contributed by atoms with Crippen LogP contribution in [0, 0.1) is 17.8 Å². The number of aromatic nitrogens is 6. The molecule has 3 saturated carbocycles. The van der Waals surface area contributed by atoms with Gasteiger partial charge in [-0.3, -0.25) is 9.89 Å². The summed E-state index contributed by atoms with van der Waals surface area (Å²) in [6, 6.07) is 7.50. The molecule has 0 aliphatic heterocycles. The van der Waals surface area contributed by atoms with Gasteiger partial charge in [-0.2, -0.15) is 5.10 Å². The Morgan fingerprint density at radius 1 is 1.17 bits per heavy atom. The van der Waals surface area contributed by atoms with Crippen molar-refractivity contribution in [3.05, 3.63) is 36.7 Å². The van der Waals surface area contributed by atoms with Crippen molar-refractivity contribution in [2.75, 3.05) is 5.32 Å². The minimum atomic E-state index is -0.715. The molecule has 0 spiro atoms. The molecule has 4 aromatic heterocycles. The molecule has 152 valence electrons. The smallest absolute Gasteiger partial charge is 0.308 e. The van der Waals surface area contributed by atoms with E-state index in [1.54, 1.807) is 10.7 Å². The van der Waals surface area contributed by atoms with Crippen LogP contribution < -0.4 is 5.32 Å². The first kappa shape index (κ1) is 17.4. The summed E-state index contributed by atoms with van der Waals surface area (Å²) in [6.45, 7) is 0. The summed E-state index contributed by atoms with van der Waals surface area (Å²) in [7, 11) is 0. The Morgan fingerprint density at radius 2 is 2.00 bits per heavy atom. The molecule has 9 heteroatoms. The second-order valence-corrected chi connectivity index (χ2v) is 8.30. The van der Waals surface area contributed by atoms with Crippen molar-refractivity contribution in [1.82, 2.24) is 29.8 Å². The van der Waals surface area contributed by atoms with E-state index in [0.29, 0.717) is 28.9 Å². The Kier molecular flexibility index (Phi) is 3.77. The van der Waals surface area contributed by atoms with Crippen LogP contribution in [0.25, 0.3) is 28.1 Å². The van der Waals surface area contributed by atoms with E-state index in [1.807, 2.05) is 30.5 Å². The number of H-pyrrole nitrogens is 1. The lowest BCUT2D eigenvalue weighted by Crippen LogP contribution is -2.51. The fourth-order valence-corrected chi connectivity index (χ4v) is 5.34. The molecule has 0 radical (unpaired) electrons. The first-order valence-corrected chi connectivity index (χ1v) is 10.3. The van der Waals surface area contributed by atoms with E-state index >= 15 is 0 Å². The van der Waals surface area contributed by atoms with Gasteiger partial charge in [0.25, 0.3) is 0 Å². The molecule has 4 heterocycles. The standard InChI is InChI=1S/C21H21N7O2/c29-21(30)15-11-5-7-12(8-6-11)16(15)23-19-14-4-2-10-28(14)27-20(24-19)17-13-3-1-9-22-18(13)26-25-17/h1-4,9-12,15-16H,5-8H2,(H,29,30)(H,22,25,26)(H,23,24,27)/t11?,12?,15-,16-/m0/s1. The number of carboxylic acid groups (broad SMARTS) is 1. The largest absolute Gasteiger partial charge is 0.481 e. The monoisotopic (exact) mass is 403 g/mol. The third kappa shape index (κ3) is 2.58. The summed E-state index contributed by atoms with van der Waals surface area (Å²) in [4.78, 5) is 21.1. The fourth-order valence-electron chi connectivity index (χ4n) is 5.34. The number of carbonyl (C=O) groups is 1. The van der Waals surface area contributed by atoms with Gasteiger partial charge in [-0.25, -0.2) is 14.5 Å². The maximum Gasteiger partial charge on any atom is 0.308 e. The molecule has 9 nitrogen and oxygen atoms in total. The molecule has 0 saturated heterocycles. The second-order valence-electron chi connectivity index (χ2n) is 8.30. The third-order valence-electron chi connectivity index (χ3n) is 6.75. The molecule has 2 bridgehead atoms. The van der Waals surface area contributed by atoms with E-state index in [9.17, 15) is 9.90 Å². The van der Waals surface area contributed by atoms with Crippen LogP contribution in [0.4, 0.5) is 5.82 Å². The summed E-state index contributed by atoms with van der Waals surface area (Å²) in [5.74, 6) is 0.625. The van der Waals surface area contributed by atoms with Gasteiger partial charge in [0, 0.05) is 18.4 Å². The van der Waals surface area contributed by atoms with E-state index in [4.69, 9.17) is 4.98 Å². The Bertz CT molecular complexity index is 1250. The highest BCUT2D eigenvalue weighted by molar-refractivity contribution is 5.89. The van der Waals surface area contributed by atoms with Crippen LogP contribution in [0.5, 0.6) is 0 Å². The van der Waals surface area contributed by atoms with Crippen molar-refractivity contribution in [1.29, 1.82) is 0 Å². The topological polar surface area (TPSA) is 121 Å². The van der Waals surface area contributed by atoms with Gasteiger partial charge in [0.15, 0.2) is 11.5 Å². The minimum absolute atomic E-state index is 0.128. The van der Waals surface area contributed by atoms with Crippen LogP contribution in [0.15, 0.2) is 36.7 Å². The summed E-state index contributed by atoms with van der Waals surface area (Å²) in [5.41, 5.74) is 2.12. The van der Waals surface area contributed by atoms with Gasteiger partial charge >= 0.3 is 5.97 Å². The highest BCUT2D eigenvalue weighted by atomic mass is 16.4. The molecule has 30 heavy (non-hydrogen) atoms. The van der Waals surface area contributed by atoms with Crippen LogP contribution in [0.1, 0.15) is 25.7 Å². The van der Waals surface area contributed by atoms with Crippen molar-refractivity contribution in [3.8, 4) is 11.5 Å². The average molecular weight is 403 g/mol. The predicted molar refractivity (Wildman–Crippen MR) is 110 cm³/mol. The third-order valence-corrected chi connectivity index (χ3v) is 6.75. The molecular formula is C21H21N7O2. The van der Waals surface area contributed by atoms with Gasteiger partial charge in [0.1, 0.15) is 11.2 Å². The maximum atomic E-state index is 12.1. The van der Waals surface area contributed by atoms with E-state index in [0.717, 1.165) is 36.6 Å². The van der Waals surface area contributed by atoms with Crippen LogP contribution in [-0.2, 0) is 4.79 Å². The molecule has 0 aromatic carbocycles. The molecule has 4 aromatic rings. The van der Waals surface area contributed by atoms with Gasteiger partial charge in [-0.05, 0) is 61.8 Å². The number of nitrogens with zero attached hydrogens (tertiary/aromatic N) is 5. The number of pyridine rings is 1. The Morgan fingerprint density at radius 3 is 2.83 bits per heavy atom. The van der Waals surface area contributed by atoms with E-state index in [1.165, 1.54) is 0 Å². The van der Waals surface area contributed by atoms with Gasteiger partial charge in [-0.15, -0.1) is 5.10 Å². The number of hydrogen-bond donors (Lipinski definition) is 3. The number of rotatable bonds is 4. The summed E-state index contributed by atoms with van der Waals surface area (Å²) >= 11 is 0. The molecule has 0 unspecified atom stereocenters. The number of nitrogens with one attached hydrogen (secondary N) is 2. The Balaban J connectivity index is 1.45. The zero-order valence-electron chi connectivity index (χ0n) is 16.2. The number of aliphatic carboxylic acids is 1. The summed E-state index contributed by atoms with van der Waals surface area (Å²) in [6.07, 6.45) is 7.70. The molecule has 3 aliphatic rings. The molecule has 3 fully saturated rings. The number of aromatic amines is 1. The lowest BCUT2D eigenvalue weighted by atomic mass is 9.61. The molecule has 2 atom stereocenters. The van der Waals surface area contributed by atoms with Gasteiger partial charge in [-0.1, -0.05) is 0 Å². The lowest BCUT2D eigenvalue weighted by Gasteiger charge is -2.47. The zero-order chi connectivity index (χ0) is 20.2. The highest BCUT2D eigenvalue weighted by Gasteiger charge is 2.47. The quantitative estimate of drug-likeness (QED) is 0.479. The van der Waals surface area contributed by atoms with Gasteiger partial charge in [0.05, 0.1) is 11.3 Å². The van der Waals surface area contributed by atoms with E-state index in [-0.39, 0.29) is 17.9 Å². The number of anilines is 1. The van der Waals surface area contributed by atoms with Gasteiger partial charge < -0.3 is 10.4 Å². The van der Waals surface area contributed by atoms with Crippen molar-refractivity contribution < 1.29 is 9.90 Å². The first-order chi connectivity index (χ1) is 14.7.